The van der Waals surface area contributed by atoms with Gasteiger partial charge in [-0.1, -0.05) is 20.4 Å². The average Bonchev–Trinajstić information content (AvgIpc) is 2.17. The fraction of sp³-hybridized carbons (Fsp3) is 0.500. The monoisotopic (exact) mass is 182 g/mol. The smallest absolute Gasteiger partial charge is 0.226 e. The molecule has 1 heterocycles. The van der Waals surface area contributed by atoms with Gasteiger partial charge in [0.1, 0.15) is 19.5 Å². The van der Waals surface area contributed by atoms with Crippen molar-refractivity contribution in [2.24, 2.45) is 5.92 Å². The van der Waals surface area contributed by atoms with Gasteiger partial charge >= 0.3 is 0 Å². The minimum atomic E-state index is -0.158. The highest BCUT2D eigenvalue weighted by Gasteiger charge is 2.19. The van der Waals surface area contributed by atoms with Gasteiger partial charge in [0.25, 0.3) is 0 Å². The highest BCUT2D eigenvalue weighted by atomic mass is 16.6. The molecule has 1 aliphatic rings. The Kier molecular flexibility index (Phi) is 3.12. The lowest BCUT2D eigenvalue weighted by Crippen LogP contribution is -2.18. The quantitative estimate of drug-likeness (QED) is 0.622. The third-order valence-electron chi connectivity index (χ3n) is 1.86. The summed E-state index contributed by atoms with van der Waals surface area (Å²) >= 11 is 0. The normalized spacial score (nSPS) is 15.8. The van der Waals surface area contributed by atoms with Crippen LogP contribution in [0.3, 0.4) is 0 Å². The van der Waals surface area contributed by atoms with Crippen molar-refractivity contribution in [3.63, 3.8) is 0 Å². The van der Waals surface area contributed by atoms with Crippen LogP contribution in [0.15, 0.2) is 24.2 Å². The topological polar surface area (TPSA) is 35.5 Å². The highest BCUT2D eigenvalue weighted by molar-refractivity contribution is 6.06. The van der Waals surface area contributed by atoms with Crippen molar-refractivity contribution in [3.8, 4) is 0 Å². The molecule has 72 valence electrons. The van der Waals surface area contributed by atoms with Crippen LogP contribution in [0.2, 0.25) is 0 Å². The number of carbonyl (C=O) groups excluding carboxylic acids is 1. The summed E-state index contributed by atoms with van der Waals surface area (Å²) in [7, 11) is 0. The van der Waals surface area contributed by atoms with Gasteiger partial charge in [-0.2, -0.15) is 0 Å². The lowest BCUT2D eigenvalue weighted by molar-refractivity contribution is -0.117. The standard InChI is InChI=1S/C10H14O3/c1-7(2)8(3)10(11)9-6-12-4-5-13-9/h6-7H,3-5H2,1-2H3. The predicted molar refractivity (Wildman–Crippen MR) is 49.0 cm³/mol. The number of ketones is 1. The molecule has 1 rings (SSSR count). The summed E-state index contributed by atoms with van der Waals surface area (Å²) in [5.74, 6) is 0.249. The summed E-state index contributed by atoms with van der Waals surface area (Å²) in [5.41, 5.74) is 0.553. The maximum absolute atomic E-state index is 11.6. The summed E-state index contributed by atoms with van der Waals surface area (Å²) < 4.78 is 10.1. The minimum Gasteiger partial charge on any atom is -0.494 e. The molecule has 3 nitrogen and oxygen atoms in total. The van der Waals surface area contributed by atoms with E-state index in [2.05, 4.69) is 6.58 Å². The number of rotatable bonds is 3. The minimum absolute atomic E-state index is 0.138. The van der Waals surface area contributed by atoms with Crippen LogP contribution in [0.4, 0.5) is 0 Å². The molecule has 0 radical (unpaired) electrons. The number of Topliss-reactive ketones (excluding diaryl/α,β-unsaturated/α-hetero) is 1. The van der Waals surface area contributed by atoms with Gasteiger partial charge < -0.3 is 9.47 Å². The molecule has 0 aliphatic carbocycles. The van der Waals surface area contributed by atoms with Crippen LogP contribution < -0.4 is 0 Å². The molecule has 1 aliphatic heterocycles. The molecule has 0 unspecified atom stereocenters. The first-order valence-corrected chi connectivity index (χ1v) is 4.31. The van der Waals surface area contributed by atoms with Gasteiger partial charge in [-0.15, -0.1) is 0 Å². The Morgan fingerprint density at radius 2 is 2.23 bits per heavy atom. The Morgan fingerprint density at radius 1 is 1.54 bits per heavy atom. The molecule has 0 saturated heterocycles. The van der Waals surface area contributed by atoms with Crippen LogP contribution in [0.5, 0.6) is 0 Å². The van der Waals surface area contributed by atoms with Gasteiger partial charge in [0.2, 0.25) is 11.5 Å². The second-order valence-corrected chi connectivity index (χ2v) is 3.21. The molecule has 0 saturated carbocycles. The molecule has 0 N–H and O–H groups in total. The van der Waals surface area contributed by atoms with Crippen molar-refractivity contribution in [2.75, 3.05) is 13.2 Å². The summed E-state index contributed by atoms with van der Waals surface area (Å²) in [6.07, 6.45) is 1.36. The van der Waals surface area contributed by atoms with E-state index in [0.29, 0.717) is 18.8 Å². The molecule has 0 atom stereocenters. The van der Waals surface area contributed by atoms with E-state index in [9.17, 15) is 4.79 Å². The van der Waals surface area contributed by atoms with Gasteiger partial charge in [-0.3, -0.25) is 4.79 Å². The third kappa shape index (κ3) is 2.34. The van der Waals surface area contributed by atoms with Gasteiger partial charge in [0.05, 0.1) is 0 Å². The van der Waals surface area contributed by atoms with Crippen molar-refractivity contribution < 1.29 is 14.3 Å². The third-order valence-corrected chi connectivity index (χ3v) is 1.86. The highest BCUT2D eigenvalue weighted by Crippen LogP contribution is 2.15. The van der Waals surface area contributed by atoms with Crippen molar-refractivity contribution in [3.05, 3.63) is 24.2 Å². The van der Waals surface area contributed by atoms with E-state index in [4.69, 9.17) is 9.47 Å². The van der Waals surface area contributed by atoms with Crippen LogP contribution in [0.25, 0.3) is 0 Å². The Bertz CT molecular complexity index is 251. The van der Waals surface area contributed by atoms with Crippen molar-refractivity contribution in [1.82, 2.24) is 0 Å². The molecule has 13 heavy (non-hydrogen) atoms. The molecule has 0 aromatic rings. The molecule has 0 aromatic heterocycles. The SMILES string of the molecule is C=C(C(=O)C1=COCCO1)C(C)C. The van der Waals surface area contributed by atoms with E-state index in [-0.39, 0.29) is 17.5 Å². The van der Waals surface area contributed by atoms with Gasteiger partial charge in [-0.05, 0) is 11.5 Å². The lowest BCUT2D eigenvalue weighted by atomic mass is 10.0. The van der Waals surface area contributed by atoms with E-state index in [0.717, 1.165) is 0 Å². The number of hydrogen-bond donors (Lipinski definition) is 0. The Labute approximate surface area is 78.0 Å². The first-order chi connectivity index (χ1) is 6.13. The molecular formula is C10H14O3. The zero-order valence-corrected chi connectivity index (χ0v) is 8.00. The summed E-state index contributed by atoms with van der Waals surface area (Å²) in [6.45, 7) is 8.48. The first-order valence-electron chi connectivity index (χ1n) is 4.31. The van der Waals surface area contributed by atoms with Crippen LogP contribution in [0.1, 0.15) is 13.8 Å². The van der Waals surface area contributed by atoms with E-state index < -0.39 is 0 Å². The molecule has 3 heteroatoms. The predicted octanol–water partition coefficient (Wildman–Crippen LogP) is 1.66. The Morgan fingerprint density at radius 3 is 2.69 bits per heavy atom. The number of carbonyl (C=O) groups is 1. The van der Waals surface area contributed by atoms with Gasteiger partial charge in [-0.25, -0.2) is 0 Å². The maximum Gasteiger partial charge on any atom is 0.226 e. The fourth-order valence-electron chi connectivity index (χ4n) is 0.908. The molecule has 0 fully saturated rings. The maximum atomic E-state index is 11.6. The second-order valence-electron chi connectivity index (χ2n) is 3.21. The first kappa shape index (κ1) is 9.84. The largest absolute Gasteiger partial charge is 0.494 e. The zero-order chi connectivity index (χ0) is 9.84. The van der Waals surface area contributed by atoms with E-state index in [1.807, 2.05) is 13.8 Å². The Hall–Kier alpha value is -1.25. The number of hydrogen-bond acceptors (Lipinski definition) is 3. The average molecular weight is 182 g/mol. The molecular weight excluding hydrogens is 168 g/mol. The van der Waals surface area contributed by atoms with E-state index in [1.165, 1.54) is 6.26 Å². The summed E-state index contributed by atoms with van der Waals surface area (Å²) in [5, 5.41) is 0. The zero-order valence-electron chi connectivity index (χ0n) is 8.00. The van der Waals surface area contributed by atoms with Gasteiger partial charge in [0.15, 0.2) is 0 Å². The van der Waals surface area contributed by atoms with Crippen molar-refractivity contribution >= 4 is 5.78 Å². The fourth-order valence-corrected chi connectivity index (χ4v) is 0.908. The van der Waals surface area contributed by atoms with Crippen molar-refractivity contribution in [1.29, 1.82) is 0 Å². The summed E-state index contributed by atoms with van der Waals surface area (Å²) in [6, 6.07) is 0. The molecule has 0 spiro atoms. The number of allylic oxidation sites excluding steroid dienone is 1. The molecule has 0 amide bonds. The van der Waals surface area contributed by atoms with Crippen LogP contribution in [-0.2, 0) is 14.3 Å². The molecule has 0 bridgehead atoms. The lowest BCUT2D eigenvalue weighted by Gasteiger charge is -2.16. The van der Waals surface area contributed by atoms with Gasteiger partial charge in [0, 0.05) is 0 Å². The second kappa shape index (κ2) is 4.12. The van der Waals surface area contributed by atoms with Crippen molar-refractivity contribution in [2.45, 2.75) is 13.8 Å². The van der Waals surface area contributed by atoms with E-state index >= 15 is 0 Å². The molecule has 0 aromatic carbocycles. The Balaban J connectivity index is 2.66. The van der Waals surface area contributed by atoms with Crippen LogP contribution in [0, 0.1) is 5.92 Å². The van der Waals surface area contributed by atoms with Crippen LogP contribution in [-0.4, -0.2) is 19.0 Å². The van der Waals surface area contributed by atoms with E-state index in [1.54, 1.807) is 0 Å². The summed E-state index contributed by atoms with van der Waals surface area (Å²) in [4.78, 5) is 11.6. The number of ether oxygens (including phenoxy) is 2. The van der Waals surface area contributed by atoms with Crippen LogP contribution >= 0.6 is 0 Å².